The number of pyridine rings is 1. The first-order valence-corrected chi connectivity index (χ1v) is 8.72. The van der Waals surface area contributed by atoms with Crippen molar-refractivity contribution in [2.75, 3.05) is 0 Å². The zero-order chi connectivity index (χ0) is 17.6. The highest BCUT2D eigenvalue weighted by Gasteiger charge is 2.31. The molecule has 1 fully saturated rings. The first-order chi connectivity index (χ1) is 12.1. The zero-order valence-corrected chi connectivity index (χ0v) is 14.5. The van der Waals surface area contributed by atoms with Gasteiger partial charge in [-0.3, -0.25) is 4.79 Å². The van der Waals surface area contributed by atoms with Gasteiger partial charge in [-0.05, 0) is 56.4 Å². The molecule has 4 rings (SSSR count). The van der Waals surface area contributed by atoms with Gasteiger partial charge in [-0.15, -0.1) is 0 Å². The SMILES string of the molecule is Cc1nc2c(c(C3CC3)nn2-c2ccccc2)c(C)c1CCC(=O)O. The molecule has 2 heterocycles. The van der Waals surface area contributed by atoms with Crippen LogP contribution in [0.4, 0.5) is 0 Å². The van der Waals surface area contributed by atoms with E-state index in [0.717, 1.165) is 39.2 Å². The molecular weight excluding hydrogens is 314 g/mol. The maximum atomic E-state index is 11.0. The van der Waals surface area contributed by atoms with Crippen LogP contribution in [0.2, 0.25) is 0 Å². The van der Waals surface area contributed by atoms with Crippen LogP contribution in [0.5, 0.6) is 0 Å². The van der Waals surface area contributed by atoms with E-state index >= 15 is 0 Å². The molecule has 0 bridgehead atoms. The smallest absolute Gasteiger partial charge is 0.303 e. The van der Waals surface area contributed by atoms with Gasteiger partial charge in [0.1, 0.15) is 0 Å². The first-order valence-electron chi connectivity index (χ1n) is 8.72. The predicted octanol–water partition coefficient (Wildman–Crippen LogP) is 3.93. The number of benzene rings is 1. The average molecular weight is 335 g/mol. The molecule has 1 aliphatic carbocycles. The lowest BCUT2D eigenvalue weighted by atomic mass is 9.98. The monoisotopic (exact) mass is 335 g/mol. The predicted molar refractivity (Wildman–Crippen MR) is 96.3 cm³/mol. The van der Waals surface area contributed by atoms with Gasteiger partial charge < -0.3 is 5.11 Å². The Morgan fingerprint density at radius 2 is 1.96 bits per heavy atom. The summed E-state index contributed by atoms with van der Waals surface area (Å²) in [6.07, 6.45) is 2.97. The van der Waals surface area contributed by atoms with Gasteiger partial charge in [0, 0.05) is 23.4 Å². The summed E-state index contributed by atoms with van der Waals surface area (Å²) in [7, 11) is 0. The molecule has 0 spiro atoms. The molecular formula is C20H21N3O2. The molecule has 0 unspecified atom stereocenters. The van der Waals surface area contributed by atoms with Crippen LogP contribution in [0.3, 0.4) is 0 Å². The van der Waals surface area contributed by atoms with Gasteiger partial charge in [-0.25, -0.2) is 9.67 Å². The molecule has 1 aromatic carbocycles. The molecule has 5 nitrogen and oxygen atoms in total. The van der Waals surface area contributed by atoms with Crippen molar-refractivity contribution in [3.63, 3.8) is 0 Å². The minimum absolute atomic E-state index is 0.125. The highest BCUT2D eigenvalue weighted by molar-refractivity contribution is 5.86. The minimum atomic E-state index is -0.777. The highest BCUT2D eigenvalue weighted by Crippen LogP contribution is 2.44. The third kappa shape index (κ3) is 2.80. The number of hydrogen-bond acceptors (Lipinski definition) is 3. The Balaban J connectivity index is 1.94. The summed E-state index contributed by atoms with van der Waals surface area (Å²) in [5.74, 6) is -0.274. The van der Waals surface area contributed by atoms with Gasteiger partial charge in [0.15, 0.2) is 5.65 Å². The van der Waals surface area contributed by atoms with Crippen molar-refractivity contribution in [1.82, 2.24) is 14.8 Å². The summed E-state index contributed by atoms with van der Waals surface area (Å²) >= 11 is 0. The van der Waals surface area contributed by atoms with Gasteiger partial charge >= 0.3 is 5.97 Å². The normalized spacial score (nSPS) is 14.2. The number of aromatic nitrogens is 3. The Morgan fingerprint density at radius 1 is 1.24 bits per heavy atom. The summed E-state index contributed by atoms with van der Waals surface area (Å²) < 4.78 is 1.93. The molecule has 2 aromatic heterocycles. The summed E-state index contributed by atoms with van der Waals surface area (Å²) in [4.78, 5) is 15.8. The molecule has 0 amide bonds. The van der Waals surface area contributed by atoms with E-state index in [1.165, 1.54) is 12.8 Å². The van der Waals surface area contributed by atoms with E-state index in [1.807, 2.05) is 41.9 Å². The maximum absolute atomic E-state index is 11.0. The van der Waals surface area contributed by atoms with Crippen molar-refractivity contribution in [1.29, 1.82) is 0 Å². The average Bonchev–Trinajstić information content (AvgIpc) is 3.36. The van der Waals surface area contributed by atoms with E-state index < -0.39 is 5.97 Å². The van der Waals surface area contributed by atoms with Crippen LogP contribution in [0.1, 0.15) is 47.7 Å². The van der Waals surface area contributed by atoms with Crippen LogP contribution < -0.4 is 0 Å². The van der Waals surface area contributed by atoms with E-state index in [9.17, 15) is 4.79 Å². The fourth-order valence-corrected chi connectivity index (χ4v) is 3.53. The number of para-hydroxylation sites is 1. The fourth-order valence-electron chi connectivity index (χ4n) is 3.53. The maximum Gasteiger partial charge on any atom is 0.303 e. The Bertz CT molecular complexity index is 956. The Hall–Kier alpha value is -2.69. The van der Waals surface area contributed by atoms with E-state index in [-0.39, 0.29) is 6.42 Å². The molecule has 0 saturated heterocycles. The van der Waals surface area contributed by atoms with Crippen molar-refractivity contribution in [3.8, 4) is 5.69 Å². The largest absolute Gasteiger partial charge is 0.481 e. The number of carbonyl (C=O) groups is 1. The lowest BCUT2D eigenvalue weighted by molar-refractivity contribution is -0.136. The molecule has 5 heteroatoms. The number of fused-ring (bicyclic) bond motifs is 1. The van der Waals surface area contributed by atoms with E-state index in [4.69, 9.17) is 15.2 Å². The van der Waals surface area contributed by atoms with Gasteiger partial charge in [-0.1, -0.05) is 18.2 Å². The fraction of sp³-hybridized carbons (Fsp3) is 0.350. The standard InChI is InChI=1S/C20H21N3O2/c1-12-16(10-11-17(24)25)13(2)21-20-18(12)19(14-8-9-14)22-23(20)15-6-4-3-5-7-15/h3-7,14H,8-11H2,1-2H3,(H,24,25). The Labute approximate surface area is 146 Å². The second kappa shape index (κ2) is 5.99. The Morgan fingerprint density at radius 3 is 2.60 bits per heavy atom. The molecule has 3 aromatic rings. The van der Waals surface area contributed by atoms with Crippen molar-refractivity contribution in [2.24, 2.45) is 0 Å². The molecule has 1 N–H and O–H groups in total. The molecule has 0 radical (unpaired) electrons. The van der Waals surface area contributed by atoms with Crippen LogP contribution in [-0.4, -0.2) is 25.8 Å². The van der Waals surface area contributed by atoms with Crippen molar-refractivity contribution in [2.45, 2.75) is 45.4 Å². The topological polar surface area (TPSA) is 68.0 Å². The minimum Gasteiger partial charge on any atom is -0.481 e. The molecule has 1 saturated carbocycles. The van der Waals surface area contributed by atoms with Gasteiger partial charge in [0.05, 0.1) is 11.4 Å². The van der Waals surface area contributed by atoms with Crippen LogP contribution in [0.15, 0.2) is 30.3 Å². The van der Waals surface area contributed by atoms with Crippen LogP contribution in [0, 0.1) is 13.8 Å². The molecule has 128 valence electrons. The summed E-state index contributed by atoms with van der Waals surface area (Å²) in [5, 5.41) is 15.0. The quantitative estimate of drug-likeness (QED) is 0.767. The van der Waals surface area contributed by atoms with E-state index in [0.29, 0.717) is 12.3 Å². The number of aliphatic carboxylic acids is 1. The van der Waals surface area contributed by atoms with Crippen molar-refractivity contribution < 1.29 is 9.90 Å². The first kappa shape index (κ1) is 15.8. The zero-order valence-electron chi connectivity index (χ0n) is 14.5. The summed E-state index contributed by atoms with van der Waals surface area (Å²) in [6, 6.07) is 10.1. The lowest BCUT2D eigenvalue weighted by Crippen LogP contribution is -2.04. The summed E-state index contributed by atoms with van der Waals surface area (Å²) in [6.45, 7) is 4.04. The highest BCUT2D eigenvalue weighted by atomic mass is 16.4. The van der Waals surface area contributed by atoms with E-state index in [1.54, 1.807) is 0 Å². The van der Waals surface area contributed by atoms with Crippen molar-refractivity contribution in [3.05, 3.63) is 52.8 Å². The second-order valence-corrected chi connectivity index (χ2v) is 6.80. The number of nitrogens with zero attached hydrogens (tertiary/aromatic N) is 3. The summed E-state index contributed by atoms with van der Waals surface area (Å²) in [5.41, 5.74) is 6.06. The number of rotatable bonds is 5. The Kier molecular flexibility index (Phi) is 3.79. The number of aryl methyl sites for hydroxylation is 2. The van der Waals surface area contributed by atoms with Crippen LogP contribution in [-0.2, 0) is 11.2 Å². The van der Waals surface area contributed by atoms with Gasteiger partial charge in [0.2, 0.25) is 0 Å². The third-order valence-corrected chi connectivity index (χ3v) is 4.98. The molecule has 25 heavy (non-hydrogen) atoms. The molecule has 0 atom stereocenters. The van der Waals surface area contributed by atoms with Gasteiger partial charge in [0.25, 0.3) is 0 Å². The van der Waals surface area contributed by atoms with E-state index in [2.05, 4.69) is 6.92 Å². The molecule has 0 aliphatic heterocycles. The third-order valence-electron chi connectivity index (χ3n) is 4.98. The second-order valence-electron chi connectivity index (χ2n) is 6.80. The molecule has 1 aliphatic rings. The van der Waals surface area contributed by atoms with Crippen LogP contribution >= 0.6 is 0 Å². The number of carboxylic acids is 1. The number of hydrogen-bond donors (Lipinski definition) is 1. The van der Waals surface area contributed by atoms with Crippen molar-refractivity contribution >= 4 is 17.0 Å². The van der Waals surface area contributed by atoms with Gasteiger partial charge in [-0.2, -0.15) is 5.10 Å². The lowest BCUT2D eigenvalue weighted by Gasteiger charge is -2.11. The number of carboxylic acid groups (broad SMARTS) is 1. The van der Waals surface area contributed by atoms with Crippen LogP contribution in [0.25, 0.3) is 16.7 Å².